The van der Waals surface area contributed by atoms with E-state index in [1.807, 2.05) is 19.1 Å². The first-order valence-electron chi connectivity index (χ1n) is 8.27. The van der Waals surface area contributed by atoms with Crippen LogP contribution in [0.5, 0.6) is 5.75 Å². The van der Waals surface area contributed by atoms with Crippen LogP contribution < -0.4 is 14.8 Å². The molecule has 0 fully saturated rings. The summed E-state index contributed by atoms with van der Waals surface area (Å²) in [5, 5.41) is 2.84. The van der Waals surface area contributed by atoms with E-state index in [0.29, 0.717) is 12.1 Å². The molecule has 8 heteroatoms. The molecule has 0 spiro atoms. The van der Waals surface area contributed by atoms with Crippen molar-refractivity contribution in [1.29, 1.82) is 0 Å². The lowest BCUT2D eigenvalue weighted by atomic mass is 10.2. The van der Waals surface area contributed by atoms with Gasteiger partial charge in [-0.2, -0.15) is 0 Å². The van der Waals surface area contributed by atoms with Gasteiger partial charge in [-0.25, -0.2) is 8.42 Å². The van der Waals surface area contributed by atoms with E-state index in [0.717, 1.165) is 12.0 Å². The van der Waals surface area contributed by atoms with Crippen molar-refractivity contribution in [1.82, 2.24) is 0 Å². The molecule has 1 atom stereocenters. The number of ether oxygens (including phenoxy) is 1. The second-order valence-corrected chi connectivity index (χ2v) is 8.03. The van der Waals surface area contributed by atoms with Crippen molar-refractivity contribution in [2.45, 2.75) is 37.7 Å². The molecule has 0 radical (unpaired) electrons. The molecule has 0 aromatic heterocycles. The van der Waals surface area contributed by atoms with Gasteiger partial charge < -0.3 is 10.1 Å². The van der Waals surface area contributed by atoms with Crippen LogP contribution in [0.25, 0.3) is 0 Å². The van der Waals surface area contributed by atoms with Crippen molar-refractivity contribution >= 4 is 38.9 Å². The van der Waals surface area contributed by atoms with Gasteiger partial charge >= 0.3 is 0 Å². The van der Waals surface area contributed by atoms with E-state index < -0.39 is 16.1 Å². The number of hydrogen-bond acceptors (Lipinski definition) is 4. The Hall–Kier alpha value is -2.25. The van der Waals surface area contributed by atoms with Crippen LogP contribution in [0.2, 0.25) is 5.02 Å². The van der Waals surface area contributed by atoms with Crippen LogP contribution in [0.15, 0.2) is 41.3 Å². The van der Waals surface area contributed by atoms with Crippen molar-refractivity contribution in [3.63, 3.8) is 0 Å². The molecule has 1 aliphatic heterocycles. The predicted octanol–water partition coefficient (Wildman–Crippen LogP) is 3.81. The van der Waals surface area contributed by atoms with Crippen LogP contribution in [-0.2, 0) is 21.2 Å². The molecule has 1 aliphatic rings. The summed E-state index contributed by atoms with van der Waals surface area (Å²) in [5.74, 6) is -0.229. The largest absolute Gasteiger partial charge is 0.477 e. The van der Waals surface area contributed by atoms with Crippen LogP contribution in [0.3, 0.4) is 0 Å². The van der Waals surface area contributed by atoms with Gasteiger partial charge in [0.25, 0.3) is 15.9 Å². The molecule has 2 aromatic carbocycles. The highest BCUT2D eigenvalue weighted by molar-refractivity contribution is 7.92. The molecule has 0 saturated carbocycles. The number of aryl methyl sites for hydroxylation is 1. The number of fused-ring (bicyclic) bond motifs is 1. The molecule has 0 saturated heterocycles. The first kappa shape index (κ1) is 18.5. The van der Waals surface area contributed by atoms with Crippen molar-refractivity contribution in [3.8, 4) is 5.75 Å². The Balaban J connectivity index is 2.00. The molecular formula is C18H19ClN2O4S. The van der Waals surface area contributed by atoms with Crippen LogP contribution in [0.4, 0.5) is 11.4 Å². The molecule has 138 valence electrons. The average Bonchev–Trinajstić information content (AvgIpc) is 2.60. The Labute approximate surface area is 157 Å². The zero-order chi connectivity index (χ0) is 18.9. The summed E-state index contributed by atoms with van der Waals surface area (Å²) in [6, 6.07) is 9.89. The smallest absolute Gasteiger partial charge is 0.265 e. The summed E-state index contributed by atoms with van der Waals surface area (Å²) < 4.78 is 34.0. The van der Waals surface area contributed by atoms with E-state index in [4.69, 9.17) is 16.3 Å². The van der Waals surface area contributed by atoms with Gasteiger partial charge in [-0.1, -0.05) is 37.6 Å². The van der Waals surface area contributed by atoms with Gasteiger partial charge in [0, 0.05) is 10.7 Å². The second-order valence-electron chi connectivity index (χ2n) is 5.94. The molecule has 6 nitrogen and oxygen atoms in total. The topological polar surface area (TPSA) is 84.5 Å². The van der Waals surface area contributed by atoms with E-state index >= 15 is 0 Å². The third kappa shape index (κ3) is 3.64. The molecule has 3 rings (SSSR count). The standard InChI is InChI=1S/C18H19ClN2O4S/c1-3-11-5-7-13(8-6-11)21-26(23,24)16-10-12(19)9-14-17(16)25-15(4-2)18(22)20-14/h5-10,15,21H,3-4H2,1-2H3,(H,20,22). The number of carbonyl (C=O) groups excluding carboxylic acids is 1. The highest BCUT2D eigenvalue weighted by Gasteiger charge is 2.32. The predicted molar refractivity (Wildman–Crippen MR) is 101 cm³/mol. The molecule has 2 aromatic rings. The molecular weight excluding hydrogens is 376 g/mol. The van der Waals surface area contributed by atoms with Gasteiger partial charge in [0.15, 0.2) is 11.9 Å². The number of benzene rings is 2. The molecule has 1 amide bonds. The molecule has 0 bridgehead atoms. The van der Waals surface area contributed by atoms with Crippen LogP contribution in [-0.4, -0.2) is 20.4 Å². The van der Waals surface area contributed by atoms with Gasteiger partial charge in [0.2, 0.25) is 0 Å². The maximum absolute atomic E-state index is 12.9. The number of amides is 1. The second kappa shape index (κ2) is 7.17. The third-order valence-corrected chi connectivity index (χ3v) is 5.71. The Kier molecular flexibility index (Phi) is 5.11. The average molecular weight is 395 g/mol. The molecule has 1 unspecified atom stereocenters. The van der Waals surface area contributed by atoms with Crippen molar-refractivity contribution in [3.05, 3.63) is 47.0 Å². The highest BCUT2D eigenvalue weighted by Crippen LogP contribution is 2.39. The summed E-state index contributed by atoms with van der Waals surface area (Å²) in [5.41, 5.74) is 1.78. The van der Waals surface area contributed by atoms with E-state index in [1.54, 1.807) is 19.1 Å². The monoisotopic (exact) mass is 394 g/mol. The summed E-state index contributed by atoms with van der Waals surface area (Å²) in [4.78, 5) is 11.9. The SMILES string of the molecule is CCc1ccc(NS(=O)(=O)c2cc(Cl)cc3c2OC(CC)C(=O)N3)cc1. The third-order valence-electron chi connectivity index (χ3n) is 4.10. The van der Waals surface area contributed by atoms with Gasteiger partial charge in [-0.15, -0.1) is 0 Å². The zero-order valence-electron chi connectivity index (χ0n) is 14.4. The van der Waals surface area contributed by atoms with E-state index in [9.17, 15) is 13.2 Å². The lowest BCUT2D eigenvalue weighted by molar-refractivity contribution is -0.123. The molecule has 2 N–H and O–H groups in total. The number of carbonyl (C=O) groups is 1. The minimum Gasteiger partial charge on any atom is -0.477 e. The molecule has 26 heavy (non-hydrogen) atoms. The lowest BCUT2D eigenvalue weighted by Crippen LogP contribution is -2.37. The number of nitrogens with one attached hydrogen (secondary N) is 2. The fraction of sp³-hybridized carbons (Fsp3) is 0.278. The number of hydrogen-bond donors (Lipinski definition) is 2. The normalized spacial score (nSPS) is 16.4. The van der Waals surface area contributed by atoms with Crippen LogP contribution in [0.1, 0.15) is 25.8 Å². The minimum atomic E-state index is -3.96. The quantitative estimate of drug-likeness (QED) is 0.807. The maximum atomic E-state index is 12.9. The maximum Gasteiger partial charge on any atom is 0.265 e. The van der Waals surface area contributed by atoms with E-state index in [1.165, 1.54) is 12.1 Å². The summed E-state index contributed by atoms with van der Waals surface area (Å²) >= 11 is 6.05. The van der Waals surface area contributed by atoms with Crippen LogP contribution in [0, 0.1) is 0 Å². The van der Waals surface area contributed by atoms with Crippen molar-refractivity contribution < 1.29 is 17.9 Å². The van der Waals surface area contributed by atoms with Gasteiger partial charge in [0.05, 0.1) is 5.69 Å². The molecule has 0 aliphatic carbocycles. The van der Waals surface area contributed by atoms with E-state index in [2.05, 4.69) is 10.0 Å². The number of rotatable bonds is 5. The van der Waals surface area contributed by atoms with Crippen molar-refractivity contribution in [2.24, 2.45) is 0 Å². The number of anilines is 2. The van der Waals surface area contributed by atoms with E-state index in [-0.39, 0.29) is 27.3 Å². The van der Waals surface area contributed by atoms with Crippen molar-refractivity contribution in [2.75, 3.05) is 10.0 Å². The minimum absolute atomic E-state index is 0.0959. The highest BCUT2D eigenvalue weighted by atomic mass is 35.5. The Morgan fingerprint density at radius 1 is 1.19 bits per heavy atom. The Morgan fingerprint density at radius 2 is 1.88 bits per heavy atom. The lowest BCUT2D eigenvalue weighted by Gasteiger charge is -2.27. The Bertz CT molecular complexity index is 942. The summed E-state index contributed by atoms with van der Waals surface area (Å²) in [6.45, 7) is 3.81. The first-order valence-corrected chi connectivity index (χ1v) is 10.1. The Morgan fingerprint density at radius 3 is 2.50 bits per heavy atom. The first-order chi connectivity index (χ1) is 12.3. The summed E-state index contributed by atoms with van der Waals surface area (Å²) in [6.07, 6.45) is 0.529. The zero-order valence-corrected chi connectivity index (χ0v) is 15.9. The van der Waals surface area contributed by atoms with Gasteiger partial charge in [-0.05, 0) is 42.7 Å². The molecule has 1 heterocycles. The summed E-state index contributed by atoms with van der Waals surface area (Å²) in [7, 11) is -3.96. The fourth-order valence-corrected chi connectivity index (χ4v) is 4.20. The fourth-order valence-electron chi connectivity index (χ4n) is 2.68. The van der Waals surface area contributed by atoms with Gasteiger partial charge in [-0.3, -0.25) is 9.52 Å². The number of halogens is 1. The van der Waals surface area contributed by atoms with Gasteiger partial charge in [0.1, 0.15) is 4.90 Å². The number of sulfonamides is 1. The van der Waals surface area contributed by atoms with Crippen LogP contribution >= 0.6 is 11.6 Å².